The Balaban J connectivity index is 1.82. The average molecular weight is 312 g/mol. The van der Waals surface area contributed by atoms with E-state index in [-0.39, 0.29) is 24.1 Å². The molecule has 0 saturated carbocycles. The van der Waals surface area contributed by atoms with E-state index in [4.69, 9.17) is 0 Å². The maximum Gasteiger partial charge on any atom is 0.267 e. The van der Waals surface area contributed by atoms with E-state index in [2.05, 4.69) is 10.4 Å². The van der Waals surface area contributed by atoms with Crippen LogP contribution in [0.15, 0.2) is 47.3 Å². The van der Waals surface area contributed by atoms with Crippen LogP contribution >= 0.6 is 0 Å². The summed E-state index contributed by atoms with van der Waals surface area (Å²) in [7, 11) is 0. The molecule has 1 fully saturated rings. The van der Waals surface area contributed by atoms with Gasteiger partial charge in [0.2, 0.25) is 5.91 Å². The van der Waals surface area contributed by atoms with Crippen molar-refractivity contribution in [2.45, 2.75) is 19.5 Å². The van der Waals surface area contributed by atoms with Crippen LogP contribution in [-0.4, -0.2) is 46.3 Å². The molecule has 1 N–H and O–H groups in total. The Labute approximate surface area is 134 Å². The lowest BCUT2D eigenvalue weighted by atomic mass is 10.1. The molecule has 0 radical (unpaired) electrons. The van der Waals surface area contributed by atoms with Gasteiger partial charge in [-0.05, 0) is 13.0 Å². The van der Waals surface area contributed by atoms with E-state index in [1.807, 2.05) is 37.3 Å². The van der Waals surface area contributed by atoms with Crippen molar-refractivity contribution in [1.29, 1.82) is 0 Å². The lowest BCUT2D eigenvalue weighted by molar-refractivity contribution is -0.134. The maximum absolute atomic E-state index is 12.5. The number of hydrogen-bond acceptors (Lipinski definition) is 4. The summed E-state index contributed by atoms with van der Waals surface area (Å²) in [5.74, 6) is -0.0705. The van der Waals surface area contributed by atoms with E-state index >= 15 is 0 Å². The SMILES string of the molecule is C[C@H]1CNCCN1C(=O)Cn1nc(-c2ccccc2)ccc1=O. The second-order valence-corrected chi connectivity index (χ2v) is 5.72. The Bertz CT molecular complexity index is 742. The van der Waals surface area contributed by atoms with Crippen LogP contribution in [0.3, 0.4) is 0 Å². The Hall–Kier alpha value is -2.47. The molecule has 120 valence electrons. The summed E-state index contributed by atoms with van der Waals surface area (Å²) < 4.78 is 1.25. The third kappa shape index (κ3) is 3.48. The zero-order valence-electron chi connectivity index (χ0n) is 13.1. The molecule has 1 amide bonds. The van der Waals surface area contributed by atoms with Gasteiger partial charge in [0.25, 0.3) is 5.56 Å². The van der Waals surface area contributed by atoms with Crippen LogP contribution in [0.2, 0.25) is 0 Å². The molecule has 23 heavy (non-hydrogen) atoms. The minimum Gasteiger partial charge on any atom is -0.336 e. The molecule has 2 aromatic rings. The molecule has 1 aliphatic heterocycles. The summed E-state index contributed by atoms with van der Waals surface area (Å²) in [6.07, 6.45) is 0. The number of nitrogens with one attached hydrogen (secondary N) is 1. The van der Waals surface area contributed by atoms with Crippen molar-refractivity contribution in [2.75, 3.05) is 19.6 Å². The first-order valence-electron chi connectivity index (χ1n) is 7.79. The summed E-state index contributed by atoms with van der Waals surface area (Å²) >= 11 is 0. The molecule has 2 heterocycles. The lowest BCUT2D eigenvalue weighted by Gasteiger charge is -2.34. The highest BCUT2D eigenvalue weighted by Crippen LogP contribution is 2.14. The first-order chi connectivity index (χ1) is 11.1. The van der Waals surface area contributed by atoms with E-state index < -0.39 is 0 Å². The van der Waals surface area contributed by atoms with Crippen molar-refractivity contribution < 1.29 is 4.79 Å². The number of nitrogens with zero attached hydrogens (tertiary/aromatic N) is 3. The molecule has 6 heteroatoms. The van der Waals surface area contributed by atoms with Crippen LogP contribution in [0.4, 0.5) is 0 Å². The first-order valence-corrected chi connectivity index (χ1v) is 7.79. The molecular formula is C17H20N4O2. The van der Waals surface area contributed by atoms with E-state index in [0.29, 0.717) is 12.2 Å². The van der Waals surface area contributed by atoms with Crippen LogP contribution in [0.5, 0.6) is 0 Å². The summed E-state index contributed by atoms with van der Waals surface area (Å²) in [6, 6.07) is 12.9. The fraction of sp³-hybridized carbons (Fsp3) is 0.353. The summed E-state index contributed by atoms with van der Waals surface area (Å²) in [6.45, 7) is 4.19. The van der Waals surface area contributed by atoms with Gasteiger partial charge in [-0.15, -0.1) is 0 Å². The second kappa shape index (κ2) is 6.75. The molecule has 1 aliphatic rings. The van der Waals surface area contributed by atoms with Gasteiger partial charge in [0.05, 0.1) is 5.69 Å². The Kier molecular flexibility index (Phi) is 4.52. The van der Waals surface area contributed by atoms with Crippen molar-refractivity contribution in [3.63, 3.8) is 0 Å². The molecule has 1 aromatic heterocycles. The van der Waals surface area contributed by atoms with Crippen molar-refractivity contribution in [3.05, 3.63) is 52.8 Å². The van der Waals surface area contributed by atoms with Crippen molar-refractivity contribution in [2.24, 2.45) is 0 Å². The van der Waals surface area contributed by atoms with E-state index in [1.54, 1.807) is 11.0 Å². The number of benzene rings is 1. The zero-order valence-corrected chi connectivity index (χ0v) is 13.1. The number of carbonyl (C=O) groups is 1. The molecule has 0 aliphatic carbocycles. The maximum atomic E-state index is 12.5. The number of hydrogen-bond donors (Lipinski definition) is 1. The fourth-order valence-electron chi connectivity index (χ4n) is 2.76. The van der Waals surface area contributed by atoms with Crippen LogP contribution in [0.1, 0.15) is 6.92 Å². The minimum absolute atomic E-state index is 0.0240. The van der Waals surface area contributed by atoms with Gasteiger partial charge in [-0.2, -0.15) is 5.10 Å². The van der Waals surface area contributed by atoms with Gasteiger partial charge in [0.1, 0.15) is 6.54 Å². The third-order valence-electron chi connectivity index (χ3n) is 4.04. The van der Waals surface area contributed by atoms with Gasteiger partial charge in [0.15, 0.2) is 0 Å². The number of rotatable bonds is 3. The molecule has 1 aromatic carbocycles. The van der Waals surface area contributed by atoms with Gasteiger partial charge in [-0.1, -0.05) is 30.3 Å². The predicted octanol–water partition coefficient (Wildman–Crippen LogP) is 0.731. The summed E-state index contributed by atoms with van der Waals surface area (Å²) in [4.78, 5) is 26.3. The fourth-order valence-corrected chi connectivity index (χ4v) is 2.76. The smallest absolute Gasteiger partial charge is 0.267 e. The first kappa shape index (κ1) is 15.4. The van der Waals surface area contributed by atoms with E-state index in [1.165, 1.54) is 10.7 Å². The van der Waals surface area contributed by atoms with Crippen LogP contribution in [-0.2, 0) is 11.3 Å². The summed E-state index contributed by atoms with van der Waals surface area (Å²) in [5, 5.41) is 7.59. The Morgan fingerprint density at radius 1 is 1.26 bits per heavy atom. The van der Waals surface area contributed by atoms with Gasteiger partial charge >= 0.3 is 0 Å². The highest BCUT2D eigenvalue weighted by molar-refractivity contribution is 5.76. The Morgan fingerprint density at radius 2 is 2.04 bits per heavy atom. The van der Waals surface area contributed by atoms with Crippen molar-refractivity contribution in [3.8, 4) is 11.3 Å². The number of aromatic nitrogens is 2. The highest BCUT2D eigenvalue weighted by Gasteiger charge is 2.23. The number of carbonyl (C=O) groups excluding carboxylic acids is 1. The molecule has 1 saturated heterocycles. The topological polar surface area (TPSA) is 67.2 Å². The lowest BCUT2D eigenvalue weighted by Crippen LogP contribution is -2.53. The van der Waals surface area contributed by atoms with Gasteiger partial charge in [0, 0.05) is 37.3 Å². The zero-order chi connectivity index (χ0) is 16.2. The monoisotopic (exact) mass is 312 g/mol. The largest absolute Gasteiger partial charge is 0.336 e. The Morgan fingerprint density at radius 3 is 2.78 bits per heavy atom. The standard InChI is InChI=1S/C17H20N4O2/c1-13-11-18-9-10-20(13)17(23)12-21-16(22)8-7-15(19-21)14-5-3-2-4-6-14/h2-8,13,18H,9-12H2,1H3/t13-/m0/s1. The molecular weight excluding hydrogens is 292 g/mol. The molecule has 3 rings (SSSR count). The van der Waals surface area contributed by atoms with E-state index in [0.717, 1.165) is 18.7 Å². The van der Waals surface area contributed by atoms with Gasteiger partial charge in [-0.25, -0.2) is 4.68 Å². The quantitative estimate of drug-likeness (QED) is 0.907. The van der Waals surface area contributed by atoms with Crippen LogP contribution in [0.25, 0.3) is 11.3 Å². The van der Waals surface area contributed by atoms with Gasteiger partial charge in [-0.3, -0.25) is 9.59 Å². The van der Waals surface area contributed by atoms with Crippen LogP contribution in [0, 0.1) is 0 Å². The molecule has 1 atom stereocenters. The number of amides is 1. The molecule has 0 bridgehead atoms. The van der Waals surface area contributed by atoms with E-state index in [9.17, 15) is 9.59 Å². The van der Waals surface area contributed by atoms with Crippen LogP contribution < -0.4 is 10.9 Å². The second-order valence-electron chi connectivity index (χ2n) is 5.72. The third-order valence-corrected chi connectivity index (χ3v) is 4.04. The molecule has 6 nitrogen and oxygen atoms in total. The molecule has 0 spiro atoms. The summed E-state index contributed by atoms with van der Waals surface area (Å²) in [5.41, 5.74) is 1.34. The van der Waals surface area contributed by atoms with Crippen molar-refractivity contribution in [1.82, 2.24) is 20.0 Å². The predicted molar refractivity (Wildman–Crippen MR) is 88.0 cm³/mol. The van der Waals surface area contributed by atoms with Gasteiger partial charge < -0.3 is 10.2 Å². The normalized spacial score (nSPS) is 18.0. The number of piperazine rings is 1. The molecule has 0 unspecified atom stereocenters. The highest BCUT2D eigenvalue weighted by atomic mass is 16.2. The minimum atomic E-state index is -0.263. The van der Waals surface area contributed by atoms with Crippen molar-refractivity contribution >= 4 is 5.91 Å². The average Bonchev–Trinajstić information content (AvgIpc) is 2.58.